The van der Waals surface area contributed by atoms with E-state index in [1.807, 2.05) is 36.4 Å². The zero-order valence-electron chi connectivity index (χ0n) is 13.3. The van der Waals surface area contributed by atoms with Gasteiger partial charge < -0.3 is 4.90 Å². The SMILES string of the molecule is CC(=O)c1cccc(CN2CCN(c3ccccc3Cl)CC2)c1. The lowest BCUT2D eigenvalue weighted by atomic mass is 10.1. The molecule has 0 saturated carbocycles. The van der Waals surface area contributed by atoms with Gasteiger partial charge in [-0.1, -0.05) is 41.9 Å². The van der Waals surface area contributed by atoms with Crippen LogP contribution in [0.1, 0.15) is 22.8 Å². The summed E-state index contributed by atoms with van der Waals surface area (Å²) in [5.41, 5.74) is 3.11. The van der Waals surface area contributed by atoms with Crippen molar-refractivity contribution in [3.05, 3.63) is 64.7 Å². The molecule has 0 N–H and O–H groups in total. The smallest absolute Gasteiger partial charge is 0.159 e. The number of rotatable bonds is 4. The fourth-order valence-electron chi connectivity index (χ4n) is 3.00. The maximum absolute atomic E-state index is 11.5. The molecule has 0 radical (unpaired) electrons. The summed E-state index contributed by atoms with van der Waals surface area (Å²) in [6, 6.07) is 15.9. The fraction of sp³-hybridized carbons (Fsp3) is 0.316. The van der Waals surface area contributed by atoms with Gasteiger partial charge in [0.1, 0.15) is 0 Å². The van der Waals surface area contributed by atoms with Gasteiger partial charge in [0.25, 0.3) is 0 Å². The molecule has 0 atom stereocenters. The molecule has 1 saturated heterocycles. The van der Waals surface area contributed by atoms with Gasteiger partial charge in [0.05, 0.1) is 10.7 Å². The Morgan fingerprint density at radius 3 is 2.48 bits per heavy atom. The van der Waals surface area contributed by atoms with Crippen LogP contribution in [0.4, 0.5) is 5.69 Å². The number of nitrogens with zero attached hydrogens (tertiary/aromatic N) is 2. The first-order chi connectivity index (χ1) is 11.1. The van der Waals surface area contributed by atoms with Crippen molar-refractivity contribution < 1.29 is 4.79 Å². The molecule has 4 heteroatoms. The first kappa shape index (κ1) is 16.0. The molecule has 0 bridgehead atoms. The van der Waals surface area contributed by atoms with Crippen molar-refractivity contribution in [1.29, 1.82) is 0 Å². The zero-order valence-corrected chi connectivity index (χ0v) is 14.1. The van der Waals surface area contributed by atoms with Crippen molar-refractivity contribution in [3.8, 4) is 0 Å². The number of carbonyl (C=O) groups excluding carboxylic acids is 1. The predicted molar refractivity (Wildman–Crippen MR) is 95.4 cm³/mol. The molecule has 2 aromatic rings. The van der Waals surface area contributed by atoms with Crippen molar-refractivity contribution in [2.45, 2.75) is 13.5 Å². The Kier molecular flexibility index (Phi) is 4.99. The lowest BCUT2D eigenvalue weighted by molar-refractivity contribution is 0.101. The molecule has 0 amide bonds. The van der Waals surface area contributed by atoms with Crippen LogP contribution < -0.4 is 4.90 Å². The summed E-state index contributed by atoms with van der Waals surface area (Å²) in [4.78, 5) is 16.3. The molecule has 1 aliphatic rings. The van der Waals surface area contributed by atoms with Crippen LogP contribution in [0, 0.1) is 0 Å². The van der Waals surface area contributed by atoms with E-state index in [0.29, 0.717) is 0 Å². The van der Waals surface area contributed by atoms with E-state index in [-0.39, 0.29) is 5.78 Å². The summed E-state index contributed by atoms with van der Waals surface area (Å²) in [7, 11) is 0. The lowest BCUT2D eigenvalue weighted by Gasteiger charge is -2.36. The number of piperazine rings is 1. The van der Waals surface area contributed by atoms with Crippen molar-refractivity contribution in [2.24, 2.45) is 0 Å². The molecule has 1 fully saturated rings. The Balaban J connectivity index is 1.60. The van der Waals surface area contributed by atoms with Crippen molar-refractivity contribution in [1.82, 2.24) is 4.90 Å². The van der Waals surface area contributed by atoms with Crippen molar-refractivity contribution >= 4 is 23.1 Å². The van der Waals surface area contributed by atoms with Gasteiger partial charge in [0.2, 0.25) is 0 Å². The van der Waals surface area contributed by atoms with Crippen LogP contribution in [0.25, 0.3) is 0 Å². The fourth-order valence-corrected chi connectivity index (χ4v) is 3.26. The van der Waals surface area contributed by atoms with Crippen LogP contribution in [0.5, 0.6) is 0 Å². The van der Waals surface area contributed by atoms with Crippen LogP contribution in [0.3, 0.4) is 0 Å². The Labute approximate surface area is 142 Å². The number of anilines is 1. The molecule has 0 unspecified atom stereocenters. The number of carbonyl (C=O) groups is 1. The predicted octanol–water partition coefficient (Wildman–Crippen LogP) is 3.86. The highest BCUT2D eigenvalue weighted by Crippen LogP contribution is 2.26. The summed E-state index contributed by atoms with van der Waals surface area (Å²) < 4.78 is 0. The third-order valence-electron chi connectivity index (χ3n) is 4.31. The van der Waals surface area contributed by atoms with Crippen molar-refractivity contribution in [3.63, 3.8) is 0 Å². The number of halogens is 1. The van der Waals surface area contributed by atoms with Crippen molar-refractivity contribution in [2.75, 3.05) is 31.1 Å². The monoisotopic (exact) mass is 328 g/mol. The quantitative estimate of drug-likeness (QED) is 0.796. The third-order valence-corrected chi connectivity index (χ3v) is 4.62. The number of Topliss-reactive ketones (excluding diaryl/α,β-unsaturated/α-hetero) is 1. The van der Waals surface area contributed by atoms with E-state index in [4.69, 9.17) is 11.6 Å². The molecular weight excluding hydrogens is 308 g/mol. The van der Waals surface area contributed by atoms with Gasteiger partial charge in [-0.05, 0) is 30.7 Å². The molecule has 0 aromatic heterocycles. The Morgan fingerprint density at radius 2 is 1.78 bits per heavy atom. The van der Waals surface area contributed by atoms with E-state index >= 15 is 0 Å². The first-order valence-corrected chi connectivity index (χ1v) is 8.33. The number of benzene rings is 2. The third kappa shape index (κ3) is 3.92. The molecule has 23 heavy (non-hydrogen) atoms. The Morgan fingerprint density at radius 1 is 1.04 bits per heavy atom. The van der Waals surface area contributed by atoms with E-state index in [1.54, 1.807) is 6.92 Å². The summed E-state index contributed by atoms with van der Waals surface area (Å²) in [5.74, 6) is 0.121. The normalized spacial score (nSPS) is 15.7. The molecule has 0 spiro atoms. The average Bonchev–Trinajstić information content (AvgIpc) is 2.56. The standard InChI is InChI=1S/C19H21ClN2O/c1-15(23)17-6-4-5-16(13-17)14-21-9-11-22(12-10-21)19-8-3-2-7-18(19)20/h2-8,13H,9-12,14H2,1H3. The minimum Gasteiger partial charge on any atom is -0.368 e. The van der Waals surface area contributed by atoms with Crippen LogP contribution >= 0.6 is 11.6 Å². The van der Waals surface area contributed by atoms with Gasteiger partial charge in [0, 0.05) is 38.3 Å². The molecule has 120 valence electrons. The van der Waals surface area contributed by atoms with E-state index < -0.39 is 0 Å². The number of para-hydroxylation sites is 1. The number of hydrogen-bond acceptors (Lipinski definition) is 3. The maximum Gasteiger partial charge on any atom is 0.159 e. The Hall–Kier alpha value is -1.84. The highest BCUT2D eigenvalue weighted by Gasteiger charge is 2.18. The maximum atomic E-state index is 11.5. The van der Waals surface area contributed by atoms with Gasteiger partial charge in [-0.2, -0.15) is 0 Å². The summed E-state index contributed by atoms with van der Waals surface area (Å²) in [6.45, 7) is 6.43. The minimum atomic E-state index is 0.121. The van der Waals surface area contributed by atoms with Crippen LogP contribution in [-0.4, -0.2) is 36.9 Å². The second-order valence-electron chi connectivity index (χ2n) is 5.97. The number of hydrogen-bond donors (Lipinski definition) is 0. The molecular formula is C19H21ClN2O. The summed E-state index contributed by atoms with van der Waals surface area (Å²) in [6.07, 6.45) is 0. The van der Waals surface area contributed by atoms with Crippen LogP contribution in [0.2, 0.25) is 5.02 Å². The topological polar surface area (TPSA) is 23.6 Å². The average molecular weight is 329 g/mol. The van der Waals surface area contributed by atoms with Crippen LogP contribution in [-0.2, 0) is 6.54 Å². The van der Waals surface area contributed by atoms with E-state index in [0.717, 1.165) is 49.0 Å². The summed E-state index contributed by atoms with van der Waals surface area (Å²) >= 11 is 6.28. The van der Waals surface area contributed by atoms with Gasteiger partial charge in [-0.3, -0.25) is 9.69 Å². The van der Waals surface area contributed by atoms with Gasteiger partial charge in [-0.25, -0.2) is 0 Å². The molecule has 1 aliphatic heterocycles. The largest absolute Gasteiger partial charge is 0.368 e. The van der Waals surface area contributed by atoms with E-state index in [1.165, 1.54) is 5.56 Å². The highest BCUT2D eigenvalue weighted by molar-refractivity contribution is 6.33. The molecule has 2 aromatic carbocycles. The van der Waals surface area contributed by atoms with E-state index in [2.05, 4.69) is 21.9 Å². The molecule has 1 heterocycles. The summed E-state index contributed by atoms with van der Waals surface area (Å²) in [5, 5.41) is 0.815. The van der Waals surface area contributed by atoms with Gasteiger partial charge >= 0.3 is 0 Å². The lowest BCUT2D eigenvalue weighted by Crippen LogP contribution is -2.46. The van der Waals surface area contributed by atoms with E-state index in [9.17, 15) is 4.79 Å². The molecule has 3 rings (SSSR count). The van der Waals surface area contributed by atoms with Gasteiger partial charge in [-0.15, -0.1) is 0 Å². The highest BCUT2D eigenvalue weighted by atomic mass is 35.5. The molecule has 3 nitrogen and oxygen atoms in total. The van der Waals surface area contributed by atoms with Crippen LogP contribution in [0.15, 0.2) is 48.5 Å². The molecule has 0 aliphatic carbocycles. The Bertz CT molecular complexity index is 693. The van der Waals surface area contributed by atoms with Gasteiger partial charge in [0.15, 0.2) is 5.78 Å². The first-order valence-electron chi connectivity index (χ1n) is 7.95. The number of ketones is 1. The second-order valence-corrected chi connectivity index (χ2v) is 6.38. The zero-order chi connectivity index (χ0) is 16.2. The second kappa shape index (κ2) is 7.16. The minimum absolute atomic E-state index is 0.121.